The fraction of sp³-hybridized carbons (Fsp3) is 0.484. The van der Waals surface area contributed by atoms with Gasteiger partial charge in [0.25, 0.3) is 0 Å². The van der Waals surface area contributed by atoms with E-state index in [-0.39, 0.29) is 11.6 Å². The van der Waals surface area contributed by atoms with Crippen LogP contribution in [0.5, 0.6) is 0 Å². The number of allylic oxidation sites excluding steroid dienone is 2. The highest BCUT2D eigenvalue weighted by atomic mass is 19.1. The number of nitriles is 2. The van der Waals surface area contributed by atoms with Gasteiger partial charge in [0.05, 0.1) is 35.4 Å². The predicted molar refractivity (Wildman–Crippen MR) is 138 cm³/mol. The van der Waals surface area contributed by atoms with Gasteiger partial charge in [-0.3, -0.25) is 14.9 Å². The minimum Gasteiger partial charge on any atom is -0.287 e. The third-order valence-electron chi connectivity index (χ3n) is 9.36. The van der Waals surface area contributed by atoms with Crippen molar-refractivity contribution in [1.82, 2.24) is 14.9 Å². The van der Waals surface area contributed by atoms with Gasteiger partial charge in [0.1, 0.15) is 11.6 Å². The molecule has 194 valence electrons. The maximum Gasteiger partial charge on any atom is 0.141 e. The van der Waals surface area contributed by atoms with Crippen LogP contribution in [-0.4, -0.2) is 33.0 Å². The molecule has 38 heavy (non-hydrogen) atoms. The van der Waals surface area contributed by atoms with Gasteiger partial charge < -0.3 is 0 Å². The molecule has 7 rings (SSSR count). The van der Waals surface area contributed by atoms with Crippen molar-refractivity contribution in [3.05, 3.63) is 84.0 Å². The van der Waals surface area contributed by atoms with Crippen molar-refractivity contribution in [2.45, 2.75) is 80.3 Å². The molecule has 2 unspecified atom stereocenters. The molecule has 0 aromatic carbocycles. The van der Waals surface area contributed by atoms with Crippen molar-refractivity contribution >= 4 is 0 Å². The molecule has 3 aliphatic carbocycles. The molecule has 4 bridgehead atoms. The Morgan fingerprint density at radius 3 is 1.66 bits per heavy atom. The normalized spacial score (nSPS) is 35.1. The number of hydrogen-bond donors (Lipinski definition) is 0. The lowest BCUT2D eigenvalue weighted by Gasteiger charge is -2.49. The molecule has 2 saturated carbocycles. The van der Waals surface area contributed by atoms with E-state index in [2.05, 4.69) is 51.3 Å². The number of nitrogens with zero attached hydrogens (tertiary/aromatic N) is 5. The zero-order valence-electron chi connectivity index (χ0n) is 21.3. The first kappa shape index (κ1) is 24.9. The molecule has 1 saturated heterocycles. The molecule has 4 heterocycles. The van der Waals surface area contributed by atoms with Crippen LogP contribution in [-0.2, 0) is 10.8 Å². The van der Waals surface area contributed by atoms with E-state index in [1.54, 1.807) is 12.4 Å². The topological polar surface area (TPSA) is 76.6 Å². The molecule has 5 nitrogen and oxygen atoms in total. The summed E-state index contributed by atoms with van der Waals surface area (Å²) in [5.41, 5.74) is 0.316. The Kier molecular flexibility index (Phi) is 6.36. The summed E-state index contributed by atoms with van der Waals surface area (Å²) in [6.45, 7) is 0. The van der Waals surface area contributed by atoms with Crippen LogP contribution in [0.4, 0.5) is 8.78 Å². The van der Waals surface area contributed by atoms with Crippen molar-refractivity contribution < 1.29 is 8.78 Å². The van der Waals surface area contributed by atoms with E-state index in [9.17, 15) is 19.3 Å². The van der Waals surface area contributed by atoms with Gasteiger partial charge in [-0.1, -0.05) is 30.7 Å². The summed E-state index contributed by atoms with van der Waals surface area (Å²) in [6, 6.07) is 9.15. The third-order valence-corrected chi connectivity index (χ3v) is 9.36. The number of halogens is 2. The maximum absolute atomic E-state index is 13.5. The molecule has 3 fully saturated rings. The zero-order chi connectivity index (χ0) is 26.3. The SMILES string of the molecule is N#CC1(c2cncc(F)c2)C[C@@H]2C=C[C@@H](C2)C1.N#CC1(c2cncc(F)c2)C[C@H]2C=C[C@@H](C1)N2C1CCC1. The minimum absolute atomic E-state index is 0.317. The van der Waals surface area contributed by atoms with Gasteiger partial charge in [-0.25, -0.2) is 8.78 Å². The van der Waals surface area contributed by atoms with Crippen molar-refractivity contribution in [1.29, 1.82) is 10.5 Å². The molecule has 5 aliphatic rings. The Hall–Kier alpha value is -3.42. The summed E-state index contributed by atoms with van der Waals surface area (Å²) in [4.78, 5) is 10.4. The van der Waals surface area contributed by atoms with Gasteiger partial charge >= 0.3 is 0 Å². The minimum atomic E-state index is -0.603. The lowest BCUT2D eigenvalue weighted by molar-refractivity contribution is 0.0353. The molecule has 0 spiro atoms. The van der Waals surface area contributed by atoms with E-state index < -0.39 is 10.8 Å². The van der Waals surface area contributed by atoms with Crippen LogP contribution in [0.1, 0.15) is 62.5 Å². The number of pyridine rings is 2. The van der Waals surface area contributed by atoms with Crippen molar-refractivity contribution in [2.75, 3.05) is 0 Å². The summed E-state index contributed by atoms with van der Waals surface area (Å²) in [5.74, 6) is 0.222. The standard InChI is InChI=1S/C17H18FN3.C14H13FN2/c18-13-6-12(9-20-10-13)17(11-19)7-15-4-5-16(8-17)21(15)14-2-1-3-14;15-13-4-12(7-17-8-13)14(9-16)5-10-1-2-11(3-10)6-14/h4-6,9-10,14-16H,1-3,7-8H2;1-2,4,7-8,10-11H,3,5-6H2/t15-,16+,17?;10-,11+,14?. The quantitative estimate of drug-likeness (QED) is 0.479. The van der Waals surface area contributed by atoms with E-state index >= 15 is 0 Å². The molecule has 0 radical (unpaired) electrons. The predicted octanol–water partition coefficient (Wildman–Crippen LogP) is 5.91. The molecule has 2 aromatic heterocycles. The average molecular weight is 512 g/mol. The zero-order valence-corrected chi connectivity index (χ0v) is 21.3. The van der Waals surface area contributed by atoms with Crippen LogP contribution >= 0.6 is 0 Å². The van der Waals surface area contributed by atoms with Gasteiger partial charge in [0.2, 0.25) is 0 Å². The van der Waals surface area contributed by atoms with Crippen molar-refractivity contribution in [2.24, 2.45) is 11.8 Å². The lowest BCUT2D eigenvalue weighted by atomic mass is 9.66. The first-order valence-corrected chi connectivity index (χ1v) is 13.6. The first-order chi connectivity index (χ1) is 18.4. The van der Waals surface area contributed by atoms with Gasteiger partial charge in [-0.15, -0.1) is 0 Å². The van der Waals surface area contributed by atoms with Crippen LogP contribution < -0.4 is 0 Å². The molecule has 6 atom stereocenters. The average Bonchev–Trinajstić information content (AvgIpc) is 3.36. The summed E-state index contributed by atoms with van der Waals surface area (Å²) >= 11 is 0. The van der Waals surface area contributed by atoms with Gasteiger partial charge in [0.15, 0.2) is 0 Å². The van der Waals surface area contributed by atoms with E-state index in [0.29, 0.717) is 30.0 Å². The number of rotatable bonds is 3. The van der Waals surface area contributed by atoms with Crippen LogP contribution in [0, 0.1) is 46.1 Å². The van der Waals surface area contributed by atoms with Crippen LogP contribution in [0.25, 0.3) is 0 Å². The van der Waals surface area contributed by atoms with Gasteiger partial charge in [-0.05, 0) is 80.0 Å². The number of aromatic nitrogens is 2. The molecular formula is C31H31F2N5. The smallest absolute Gasteiger partial charge is 0.141 e. The second-order valence-corrected chi connectivity index (χ2v) is 11.7. The fourth-order valence-corrected chi connectivity index (χ4v) is 7.34. The Morgan fingerprint density at radius 2 is 1.24 bits per heavy atom. The molecule has 7 heteroatoms. The molecular weight excluding hydrogens is 480 g/mol. The Balaban J connectivity index is 0.000000142. The highest BCUT2D eigenvalue weighted by Crippen LogP contribution is 2.49. The summed E-state index contributed by atoms with van der Waals surface area (Å²) < 4.78 is 26.8. The van der Waals surface area contributed by atoms with E-state index in [1.807, 2.05) is 0 Å². The van der Waals surface area contributed by atoms with E-state index in [0.717, 1.165) is 43.2 Å². The van der Waals surface area contributed by atoms with Crippen molar-refractivity contribution in [3.8, 4) is 12.1 Å². The van der Waals surface area contributed by atoms with Crippen molar-refractivity contribution in [3.63, 3.8) is 0 Å². The number of piperidine rings is 1. The summed E-state index contributed by atoms with van der Waals surface area (Å²) in [7, 11) is 0. The Morgan fingerprint density at radius 1 is 0.737 bits per heavy atom. The fourth-order valence-electron chi connectivity index (χ4n) is 7.34. The molecule has 2 aliphatic heterocycles. The third kappa shape index (κ3) is 4.33. The van der Waals surface area contributed by atoms with Gasteiger partial charge in [-0.2, -0.15) is 10.5 Å². The highest BCUT2D eigenvalue weighted by Gasteiger charge is 2.50. The maximum atomic E-state index is 13.5. The van der Waals surface area contributed by atoms with E-state index in [4.69, 9.17) is 0 Å². The lowest BCUT2D eigenvalue weighted by Crippen LogP contribution is -2.55. The van der Waals surface area contributed by atoms with Crippen LogP contribution in [0.3, 0.4) is 0 Å². The molecule has 0 N–H and O–H groups in total. The Bertz CT molecular complexity index is 1320. The monoisotopic (exact) mass is 511 g/mol. The summed E-state index contributed by atoms with van der Waals surface area (Å²) in [5, 5.41) is 19.3. The second kappa shape index (κ2) is 9.71. The second-order valence-electron chi connectivity index (χ2n) is 11.7. The van der Waals surface area contributed by atoms with Crippen LogP contribution in [0.2, 0.25) is 0 Å². The van der Waals surface area contributed by atoms with Crippen LogP contribution in [0.15, 0.2) is 61.2 Å². The number of hydrogen-bond acceptors (Lipinski definition) is 5. The molecule has 2 aromatic rings. The largest absolute Gasteiger partial charge is 0.287 e. The van der Waals surface area contributed by atoms with E-state index in [1.165, 1.54) is 43.8 Å². The Labute approximate surface area is 222 Å². The number of fused-ring (bicyclic) bond motifs is 4. The summed E-state index contributed by atoms with van der Waals surface area (Å²) in [6.07, 6.45) is 22.7. The highest BCUT2D eigenvalue weighted by molar-refractivity contribution is 5.37. The van der Waals surface area contributed by atoms with Gasteiger partial charge in [0, 0.05) is 30.5 Å². The molecule has 0 amide bonds. The first-order valence-electron chi connectivity index (χ1n) is 13.6.